The average molecular weight is 256 g/mol. The molecule has 0 saturated carbocycles. The molecule has 0 unspecified atom stereocenters. The topological polar surface area (TPSA) is 67.5 Å². The molecule has 4 nitrogen and oxygen atoms in total. The highest BCUT2D eigenvalue weighted by atomic mass is 19.1. The summed E-state index contributed by atoms with van der Waals surface area (Å²) in [5.41, 5.74) is 6.05. The van der Waals surface area contributed by atoms with Gasteiger partial charge < -0.3 is 20.9 Å². The summed E-state index contributed by atoms with van der Waals surface area (Å²) in [6, 6.07) is 2.75. The van der Waals surface area contributed by atoms with Gasteiger partial charge in [-0.1, -0.05) is 6.92 Å². The molecule has 1 aromatic carbocycles. The van der Waals surface area contributed by atoms with Gasteiger partial charge in [0, 0.05) is 12.1 Å². The van der Waals surface area contributed by atoms with Gasteiger partial charge in [-0.15, -0.1) is 0 Å². The number of rotatable bonds is 6. The first kappa shape index (κ1) is 14.6. The molecule has 0 bridgehead atoms. The van der Waals surface area contributed by atoms with E-state index < -0.39 is 11.4 Å². The molecular weight excluding hydrogens is 235 g/mol. The Hall–Kier alpha value is -1.49. The van der Waals surface area contributed by atoms with Gasteiger partial charge in [-0.3, -0.25) is 0 Å². The van der Waals surface area contributed by atoms with Crippen molar-refractivity contribution in [2.24, 2.45) is 0 Å². The fourth-order valence-corrected chi connectivity index (χ4v) is 1.40. The predicted molar refractivity (Wildman–Crippen MR) is 71.4 cm³/mol. The van der Waals surface area contributed by atoms with Gasteiger partial charge in [0.25, 0.3) is 0 Å². The zero-order valence-electron chi connectivity index (χ0n) is 11.1. The number of anilines is 2. The van der Waals surface area contributed by atoms with Gasteiger partial charge >= 0.3 is 0 Å². The summed E-state index contributed by atoms with van der Waals surface area (Å²) >= 11 is 0. The smallest absolute Gasteiger partial charge is 0.167 e. The highest BCUT2D eigenvalue weighted by Gasteiger charge is 2.18. The molecule has 4 N–H and O–H groups in total. The third kappa shape index (κ3) is 3.77. The van der Waals surface area contributed by atoms with E-state index in [0.717, 1.165) is 6.42 Å². The summed E-state index contributed by atoms with van der Waals surface area (Å²) < 4.78 is 18.9. The van der Waals surface area contributed by atoms with Gasteiger partial charge in [-0.25, -0.2) is 4.39 Å². The molecule has 0 radical (unpaired) electrons. The molecule has 0 aromatic heterocycles. The molecule has 1 aromatic rings. The molecule has 102 valence electrons. The van der Waals surface area contributed by atoms with Crippen molar-refractivity contribution in [3.05, 3.63) is 17.9 Å². The van der Waals surface area contributed by atoms with Crippen LogP contribution in [-0.2, 0) is 0 Å². The third-order valence-electron chi connectivity index (χ3n) is 2.43. The Balaban J connectivity index is 2.97. The minimum Gasteiger partial charge on any atom is -0.490 e. The summed E-state index contributed by atoms with van der Waals surface area (Å²) in [5, 5.41) is 12.3. The van der Waals surface area contributed by atoms with Crippen LogP contribution in [0.2, 0.25) is 0 Å². The second-order valence-electron chi connectivity index (χ2n) is 4.89. The standard InChI is InChI=1S/C13H21FN2O2/c1-4-5-18-12-7-11(10(15)6-9(12)14)16-13(2,3)8-17/h6-7,16-17H,4-5,8,15H2,1-3H3. The minimum absolute atomic E-state index is 0.0605. The van der Waals surface area contributed by atoms with Gasteiger partial charge in [0.05, 0.1) is 30.1 Å². The number of nitrogen functional groups attached to an aromatic ring is 1. The summed E-state index contributed by atoms with van der Waals surface area (Å²) in [7, 11) is 0. The zero-order valence-corrected chi connectivity index (χ0v) is 11.1. The predicted octanol–water partition coefficient (Wildman–Crippen LogP) is 2.38. The molecular formula is C13H21FN2O2. The van der Waals surface area contributed by atoms with Crippen LogP contribution < -0.4 is 15.8 Å². The van der Waals surface area contributed by atoms with Crippen LogP contribution in [0.4, 0.5) is 15.8 Å². The molecule has 0 atom stereocenters. The lowest BCUT2D eigenvalue weighted by Crippen LogP contribution is -2.35. The van der Waals surface area contributed by atoms with Gasteiger partial charge in [0.15, 0.2) is 11.6 Å². The first-order valence-electron chi connectivity index (χ1n) is 6.00. The lowest BCUT2D eigenvalue weighted by atomic mass is 10.1. The van der Waals surface area contributed by atoms with E-state index in [1.54, 1.807) is 0 Å². The monoisotopic (exact) mass is 256 g/mol. The van der Waals surface area contributed by atoms with Crippen LogP contribution in [0, 0.1) is 5.82 Å². The van der Waals surface area contributed by atoms with Gasteiger partial charge in [-0.2, -0.15) is 0 Å². The summed E-state index contributed by atoms with van der Waals surface area (Å²) in [6.45, 7) is 5.98. The van der Waals surface area contributed by atoms with E-state index in [1.165, 1.54) is 12.1 Å². The summed E-state index contributed by atoms with van der Waals surface area (Å²) in [6.07, 6.45) is 0.800. The van der Waals surface area contributed by atoms with E-state index in [2.05, 4.69) is 5.32 Å². The van der Waals surface area contributed by atoms with Gasteiger partial charge in [-0.05, 0) is 20.3 Å². The molecule has 0 aliphatic rings. The molecule has 5 heteroatoms. The molecule has 0 aliphatic carbocycles. The van der Waals surface area contributed by atoms with Crippen molar-refractivity contribution < 1.29 is 14.2 Å². The van der Waals surface area contributed by atoms with Crippen molar-refractivity contribution >= 4 is 11.4 Å². The minimum atomic E-state index is -0.534. The van der Waals surface area contributed by atoms with Crippen molar-refractivity contribution in [2.75, 3.05) is 24.3 Å². The Morgan fingerprint density at radius 1 is 1.44 bits per heavy atom. The number of halogens is 1. The van der Waals surface area contributed by atoms with E-state index in [4.69, 9.17) is 10.5 Å². The normalized spacial score (nSPS) is 11.4. The number of benzene rings is 1. The number of aliphatic hydroxyl groups excluding tert-OH is 1. The number of hydrogen-bond donors (Lipinski definition) is 3. The lowest BCUT2D eigenvalue weighted by molar-refractivity contribution is 0.234. The van der Waals surface area contributed by atoms with Crippen LogP contribution in [0.15, 0.2) is 12.1 Å². The maximum Gasteiger partial charge on any atom is 0.167 e. The van der Waals surface area contributed by atoms with E-state index in [0.29, 0.717) is 12.3 Å². The largest absolute Gasteiger partial charge is 0.490 e. The second-order valence-corrected chi connectivity index (χ2v) is 4.89. The Morgan fingerprint density at radius 3 is 2.67 bits per heavy atom. The molecule has 18 heavy (non-hydrogen) atoms. The SMILES string of the molecule is CCCOc1cc(NC(C)(C)CO)c(N)cc1F. The van der Waals surface area contributed by atoms with E-state index in [1.807, 2.05) is 20.8 Å². The quantitative estimate of drug-likeness (QED) is 0.684. The Bertz CT molecular complexity index is 408. The molecule has 1 rings (SSSR count). The fourth-order valence-electron chi connectivity index (χ4n) is 1.40. The fraction of sp³-hybridized carbons (Fsp3) is 0.538. The average Bonchev–Trinajstić information content (AvgIpc) is 2.31. The highest BCUT2D eigenvalue weighted by molar-refractivity contribution is 5.69. The van der Waals surface area contributed by atoms with Crippen LogP contribution >= 0.6 is 0 Å². The van der Waals surface area contributed by atoms with Crippen molar-refractivity contribution in [3.63, 3.8) is 0 Å². The summed E-state index contributed by atoms with van der Waals surface area (Å²) in [4.78, 5) is 0. The Morgan fingerprint density at radius 2 is 2.11 bits per heavy atom. The van der Waals surface area contributed by atoms with Crippen molar-refractivity contribution in [3.8, 4) is 5.75 Å². The number of aliphatic hydroxyl groups is 1. The molecule has 0 heterocycles. The van der Waals surface area contributed by atoms with Crippen LogP contribution in [-0.4, -0.2) is 23.9 Å². The van der Waals surface area contributed by atoms with Gasteiger partial charge in [0.2, 0.25) is 0 Å². The number of nitrogens with one attached hydrogen (secondary N) is 1. The zero-order chi connectivity index (χ0) is 13.8. The van der Waals surface area contributed by atoms with E-state index in [9.17, 15) is 9.50 Å². The van der Waals surface area contributed by atoms with Crippen molar-refractivity contribution in [1.29, 1.82) is 0 Å². The molecule has 0 spiro atoms. The first-order chi connectivity index (χ1) is 8.39. The van der Waals surface area contributed by atoms with Crippen LogP contribution in [0.1, 0.15) is 27.2 Å². The van der Waals surface area contributed by atoms with Crippen LogP contribution in [0.25, 0.3) is 0 Å². The van der Waals surface area contributed by atoms with E-state index in [-0.39, 0.29) is 18.0 Å². The summed E-state index contributed by atoms with van der Waals surface area (Å²) in [5.74, 6) is -0.310. The molecule has 0 aliphatic heterocycles. The lowest BCUT2D eigenvalue weighted by Gasteiger charge is -2.26. The van der Waals surface area contributed by atoms with Crippen molar-refractivity contribution in [1.82, 2.24) is 0 Å². The van der Waals surface area contributed by atoms with E-state index >= 15 is 0 Å². The molecule has 0 saturated heterocycles. The molecule has 0 amide bonds. The third-order valence-corrected chi connectivity index (χ3v) is 2.43. The highest BCUT2D eigenvalue weighted by Crippen LogP contribution is 2.30. The maximum absolute atomic E-state index is 13.6. The van der Waals surface area contributed by atoms with Crippen LogP contribution in [0.5, 0.6) is 5.75 Å². The van der Waals surface area contributed by atoms with Gasteiger partial charge in [0.1, 0.15) is 0 Å². The molecule has 0 fully saturated rings. The number of nitrogens with two attached hydrogens (primary N) is 1. The Kier molecular flexibility index (Phi) is 4.78. The second kappa shape index (κ2) is 5.91. The maximum atomic E-state index is 13.6. The van der Waals surface area contributed by atoms with Crippen LogP contribution in [0.3, 0.4) is 0 Å². The number of ether oxygens (including phenoxy) is 1. The van der Waals surface area contributed by atoms with Crippen molar-refractivity contribution in [2.45, 2.75) is 32.7 Å². The number of hydrogen-bond acceptors (Lipinski definition) is 4. The first-order valence-corrected chi connectivity index (χ1v) is 6.00. The Labute approximate surface area is 107 Å².